The van der Waals surface area contributed by atoms with E-state index in [0.29, 0.717) is 23.5 Å². The van der Waals surface area contributed by atoms with Crippen LogP contribution < -0.4 is 4.90 Å². The highest BCUT2D eigenvalue weighted by atomic mass is 32.1. The van der Waals surface area contributed by atoms with E-state index in [2.05, 4.69) is 28.1 Å². The van der Waals surface area contributed by atoms with E-state index < -0.39 is 5.97 Å². The van der Waals surface area contributed by atoms with Gasteiger partial charge in [0.25, 0.3) is 0 Å². The molecule has 0 aliphatic heterocycles. The Morgan fingerprint density at radius 3 is 2.72 bits per heavy atom. The number of benzene rings is 2. The standard InChI is InChI=1S/C22H22N4O2S/c1-4-26(13-7-12-23)16-10-11-18(15(2)14-16)24-25-21-20(22(27)28-3)17-8-5-6-9-19(17)29-21/h5-6,8-11,14H,4,7,13H2,1-3H3. The van der Waals surface area contributed by atoms with E-state index in [4.69, 9.17) is 10.00 Å². The summed E-state index contributed by atoms with van der Waals surface area (Å²) in [7, 11) is 1.37. The molecule has 7 heteroatoms. The highest BCUT2D eigenvalue weighted by molar-refractivity contribution is 7.23. The van der Waals surface area contributed by atoms with Crippen molar-refractivity contribution in [2.45, 2.75) is 20.3 Å². The van der Waals surface area contributed by atoms with Crippen molar-refractivity contribution in [3.05, 3.63) is 53.6 Å². The van der Waals surface area contributed by atoms with Crippen LogP contribution in [0, 0.1) is 18.3 Å². The molecule has 0 aliphatic carbocycles. The summed E-state index contributed by atoms with van der Waals surface area (Å²) in [6.45, 7) is 5.56. The summed E-state index contributed by atoms with van der Waals surface area (Å²) >= 11 is 1.41. The van der Waals surface area contributed by atoms with Crippen LogP contribution in [0.5, 0.6) is 0 Å². The summed E-state index contributed by atoms with van der Waals surface area (Å²) in [6.07, 6.45) is 0.483. The summed E-state index contributed by atoms with van der Waals surface area (Å²) < 4.78 is 5.91. The molecule has 148 valence electrons. The van der Waals surface area contributed by atoms with Gasteiger partial charge in [0, 0.05) is 28.9 Å². The van der Waals surface area contributed by atoms with Crippen molar-refractivity contribution in [3.8, 4) is 6.07 Å². The van der Waals surface area contributed by atoms with Crippen LogP contribution in [0.3, 0.4) is 0 Å². The molecular weight excluding hydrogens is 384 g/mol. The van der Waals surface area contributed by atoms with Crippen molar-refractivity contribution in [2.75, 3.05) is 25.1 Å². The number of carbonyl (C=O) groups is 1. The van der Waals surface area contributed by atoms with Crippen LogP contribution in [-0.2, 0) is 4.74 Å². The molecule has 2 aromatic carbocycles. The fourth-order valence-corrected chi connectivity index (χ4v) is 4.12. The third kappa shape index (κ3) is 4.44. The minimum Gasteiger partial charge on any atom is -0.465 e. The fraction of sp³-hybridized carbons (Fsp3) is 0.273. The lowest BCUT2D eigenvalue weighted by molar-refractivity contribution is 0.0604. The summed E-state index contributed by atoms with van der Waals surface area (Å²) in [5.41, 5.74) is 3.21. The first-order valence-corrected chi connectivity index (χ1v) is 10.1. The van der Waals surface area contributed by atoms with Gasteiger partial charge in [0.2, 0.25) is 0 Å². The number of nitrogens with zero attached hydrogens (tertiary/aromatic N) is 4. The predicted molar refractivity (Wildman–Crippen MR) is 117 cm³/mol. The van der Waals surface area contributed by atoms with Gasteiger partial charge in [-0.3, -0.25) is 0 Å². The molecule has 0 spiro atoms. The zero-order chi connectivity index (χ0) is 20.8. The highest BCUT2D eigenvalue weighted by Crippen LogP contribution is 2.39. The van der Waals surface area contributed by atoms with Crippen LogP contribution in [0.25, 0.3) is 10.1 Å². The molecule has 0 atom stereocenters. The van der Waals surface area contributed by atoms with Crippen molar-refractivity contribution < 1.29 is 9.53 Å². The third-order valence-corrected chi connectivity index (χ3v) is 5.69. The zero-order valence-corrected chi connectivity index (χ0v) is 17.5. The minimum absolute atomic E-state index is 0.417. The van der Waals surface area contributed by atoms with Gasteiger partial charge in [-0.15, -0.1) is 21.6 Å². The van der Waals surface area contributed by atoms with Gasteiger partial charge in [0.05, 0.1) is 25.3 Å². The molecule has 0 saturated carbocycles. The first-order chi connectivity index (χ1) is 14.1. The number of thiophene rings is 1. The summed E-state index contributed by atoms with van der Waals surface area (Å²) in [5.74, 6) is -0.417. The Bertz CT molecular complexity index is 1100. The van der Waals surface area contributed by atoms with Crippen molar-refractivity contribution in [2.24, 2.45) is 10.2 Å². The van der Waals surface area contributed by atoms with E-state index in [1.54, 1.807) is 0 Å². The molecule has 0 amide bonds. The summed E-state index contributed by atoms with van der Waals surface area (Å²) in [5, 5.41) is 19.0. The lowest BCUT2D eigenvalue weighted by atomic mass is 10.1. The maximum absolute atomic E-state index is 12.3. The van der Waals surface area contributed by atoms with Crippen LogP contribution in [-0.4, -0.2) is 26.2 Å². The van der Waals surface area contributed by atoms with Crippen LogP contribution in [0.15, 0.2) is 52.7 Å². The Hall–Kier alpha value is -3.24. The number of nitriles is 1. The molecule has 1 aromatic heterocycles. The monoisotopic (exact) mass is 406 g/mol. The number of esters is 1. The summed E-state index contributed by atoms with van der Waals surface area (Å²) in [6, 6.07) is 15.8. The van der Waals surface area contributed by atoms with E-state index in [9.17, 15) is 4.79 Å². The number of methoxy groups -OCH3 is 1. The second-order valence-electron chi connectivity index (χ2n) is 6.43. The van der Waals surface area contributed by atoms with Crippen molar-refractivity contribution in [1.82, 2.24) is 0 Å². The molecule has 0 saturated heterocycles. The third-order valence-electron chi connectivity index (χ3n) is 4.64. The number of fused-ring (bicyclic) bond motifs is 1. The smallest absolute Gasteiger partial charge is 0.341 e. The Labute approximate surface area is 174 Å². The Morgan fingerprint density at radius 1 is 1.24 bits per heavy atom. The molecule has 0 fully saturated rings. The van der Waals surface area contributed by atoms with Crippen LogP contribution in [0.2, 0.25) is 0 Å². The number of hydrogen-bond donors (Lipinski definition) is 0. The predicted octanol–water partition coefficient (Wildman–Crippen LogP) is 6.15. The highest BCUT2D eigenvalue weighted by Gasteiger charge is 2.19. The van der Waals surface area contributed by atoms with Gasteiger partial charge in [0.1, 0.15) is 5.56 Å². The normalized spacial score (nSPS) is 11.0. The number of aryl methyl sites for hydroxylation is 1. The molecule has 0 bridgehead atoms. The van der Waals surface area contributed by atoms with Gasteiger partial charge in [0.15, 0.2) is 5.00 Å². The minimum atomic E-state index is -0.417. The molecule has 6 nitrogen and oxygen atoms in total. The molecule has 0 N–H and O–H groups in total. The van der Waals surface area contributed by atoms with Gasteiger partial charge < -0.3 is 9.64 Å². The number of anilines is 1. The van der Waals surface area contributed by atoms with Crippen LogP contribution in [0.4, 0.5) is 16.4 Å². The SMILES string of the molecule is CCN(CCC#N)c1ccc(N=Nc2sc3ccccc3c2C(=O)OC)c(C)c1. The first-order valence-electron chi connectivity index (χ1n) is 9.33. The number of rotatable bonds is 7. The molecule has 3 aromatic rings. The molecule has 0 unspecified atom stereocenters. The van der Waals surface area contributed by atoms with Crippen molar-refractivity contribution in [3.63, 3.8) is 0 Å². The fourth-order valence-electron chi connectivity index (χ4n) is 3.10. The quantitative estimate of drug-likeness (QED) is 0.348. The number of carbonyl (C=O) groups excluding carboxylic acids is 1. The summed E-state index contributed by atoms with van der Waals surface area (Å²) in [4.78, 5) is 14.4. The van der Waals surface area contributed by atoms with Crippen LogP contribution in [0.1, 0.15) is 29.3 Å². The van der Waals surface area contributed by atoms with E-state index in [1.807, 2.05) is 49.4 Å². The molecule has 29 heavy (non-hydrogen) atoms. The van der Waals surface area contributed by atoms with Gasteiger partial charge >= 0.3 is 5.97 Å². The molecule has 0 aliphatic rings. The average Bonchev–Trinajstić information content (AvgIpc) is 3.11. The Kier molecular flexibility index (Phi) is 6.57. The van der Waals surface area contributed by atoms with Crippen molar-refractivity contribution >= 4 is 43.8 Å². The second kappa shape index (κ2) is 9.30. The second-order valence-corrected chi connectivity index (χ2v) is 7.46. The molecule has 0 radical (unpaired) electrons. The topological polar surface area (TPSA) is 78.0 Å². The number of hydrogen-bond acceptors (Lipinski definition) is 7. The van der Waals surface area contributed by atoms with E-state index in [0.717, 1.165) is 33.6 Å². The van der Waals surface area contributed by atoms with Crippen molar-refractivity contribution in [1.29, 1.82) is 5.26 Å². The van der Waals surface area contributed by atoms with Crippen LogP contribution >= 0.6 is 11.3 Å². The maximum atomic E-state index is 12.3. The van der Waals surface area contributed by atoms with E-state index in [-0.39, 0.29) is 0 Å². The van der Waals surface area contributed by atoms with Gasteiger partial charge in [-0.2, -0.15) is 5.26 Å². The maximum Gasteiger partial charge on any atom is 0.341 e. The molecule has 1 heterocycles. The van der Waals surface area contributed by atoms with E-state index >= 15 is 0 Å². The molecule has 3 rings (SSSR count). The van der Waals surface area contributed by atoms with Gasteiger partial charge in [-0.05, 0) is 43.7 Å². The number of azo groups is 1. The van der Waals surface area contributed by atoms with E-state index in [1.165, 1.54) is 18.4 Å². The van der Waals surface area contributed by atoms with Gasteiger partial charge in [-0.1, -0.05) is 18.2 Å². The lowest BCUT2D eigenvalue weighted by Crippen LogP contribution is -2.23. The first kappa shape index (κ1) is 20.5. The lowest BCUT2D eigenvalue weighted by Gasteiger charge is -2.22. The average molecular weight is 407 g/mol. The Morgan fingerprint density at radius 2 is 2.03 bits per heavy atom. The Balaban J connectivity index is 1.92. The zero-order valence-electron chi connectivity index (χ0n) is 16.7. The largest absolute Gasteiger partial charge is 0.465 e. The number of ether oxygens (including phenoxy) is 1. The molecular formula is C22H22N4O2S. The van der Waals surface area contributed by atoms with Gasteiger partial charge in [-0.25, -0.2) is 4.79 Å².